The molecule has 0 saturated heterocycles. The number of likely N-dealkylation sites (N-methyl/N-ethyl adjacent to an activating group) is 1. The molecule has 0 aromatic heterocycles. The van der Waals surface area contributed by atoms with Gasteiger partial charge in [-0.1, -0.05) is 35.9 Å². The molecule has 0 fully saturated rings. The molecule has 2 aliphatic rings. The van der Waals surface area contributed by atoms with Crippen LogP contribution in [-0.2, 0) is 13.0 Å². The molecule has 0 radical (unpaired) electrons. The zero-order valence-corrected chi connectivity index (χ0v) is 12.9. The van der Waals surface area contributed by atoms with Crippen LogP contribution in [0.5, 0.6) is 5.75 Å². The molecule has 2 aliphatic heterocycles. The van der Waals surface area contributed by atoms with Crippen LogP contribution in [0.1, 0.15) is 28.2 Å². The molecule has 4 rings (SSSR count). The van der Waals surface area contributed by atoms with Crippen molar-refractivity contribution in [3.8, 4) is 5.75 Å². The number of rotatable bonds is 1. The Morgan fingerprint density at radius 3 is 3.00 bits per heavy atom. The van der Waals surface area contributed by atoms with Gasteiger partial charge in [0.15, 0.2) is 0 Å². The van der Waals surface area contributed by atoms with E-state index in [1.165, 1.54) is 22.3 Å². The van der Waals surface area contributed by atoms with Crippen LogP contribution < -0.4 is 4.74 Å². The highest BCUT2D eigenvalue weighted by Crippen LogP contribution is 2.41. The second kappa shape index (κ2) is 5.04. The summed E-state index contributed by atoms with van der Waals surface area (Å²) >= 11 is 6.18. The van der Waals surface area contributed by atoms with Gasteiger partial charge in [0.1, 0.15) is 5.75 Å². The van der Waals surface area contributed by atoms with Crippen LogP contribution in [0.4, 0.5) is 0 Å². The van der Waals surface area contributed by atoms with Crippen molar-refractivity contribution in [3.63, 3.8) is 0 Å². The molecule has 0 bridgehead atoms. The van der Waals surface area contributed by atoms with E-state index in [1.54, 1.807) is 0 Å². The Bertz CT molecular complexity index is 698. The van der Waals surface area contributed by atoms with Crippen LogP contribution in [0.2, 0.25) is 5.02 Å². The number of hydrogen-bond acceptors (Lipinski definition) is 2. The number of fused-ring (bicyclic) bond motifs is 3. The second-order valence-corrected chi connectivity index (χ2v) is 6.46. The van der Waals surface area contributed by atoms with E-state index in [4.69, 9.17) is 16.3 Å². The molecule has 1 unspecified atom stereocenters. The lowest BCUT2D eigenvalue weighted by Crippen LogP contribution is -2.31. The lowest BCUT2D eigenvalue weighted by molar-refractivity contribution is 0.282. The normalized spacial score (nSPS) is 20.8. The molecule has 2 aromatic rings. The third kappa shape index (κ3) is 2.23. The molecule has 1 atom stereocenters. The first-order chi connectivity index (χ1) is 10.2. The summed E-state index contributed by atoms with van der Waals surface area (Å²) in [5.74, 6) is 1.50. The summed E-state index contributed by atoms with van der Waals surface area (Å²) in [6, 6.07) is 12.8. The number of ether oxygens (including phenoxy) is 1. The van der Waals surface area contributed by atoms with Crippen molar-refractivity contribution < 1.29 is 4.74 Å². The molecule has 0 amide bonds. The van der Waals surface area contributed by atoms with Crippen LogP contribution in [0.3, 0.4) is 0 Å². The van der Waals surface area contributed by atoms with Gasteiger partial charge >= 0.3 is 0 Å². The van der Waals surface area contributed by atoms with Crippen molar-refractivity contribution in [1.29, 1.82) is 0 Å². The molecular weight excluding hydrogens is 282 g/mol. The predicted octanol–water partition coefficient (Wildman–Crippen LogP) is 3.85. The van der Waals surface area contributed by atoms with Crippen molar-refractivity contribution in [2.45, 2.75) is 18.9 Å². The summed E-state index contributed by atoms with van der Waals surface area (Å²) in [5, 5.41) is 0.805. The van der Waals surface area contributed by atoms with Crippen LogP contribution in [-0.4, -0.2) is 25.1 Å². The van der Waals surface area contributed by atoms with Crippen molar-refractivity contribution >= 4 is 11.6 Å². The Balaban J connectivity index is 1.85. The highest BCUT2D eigenvalue weighted by molar-refractivity contribution is 6.30. The van der Waals surface area contributed by atoms with Gasteiger partial charge in [0, 0.05) is 36.0 Å². The smallest absolute Gasteiger partial charge is 0.127 e. The van der Waals surface area contributed by atoms with Gasteiger partial charge in [-0.3, -0.25) is 0 Å². The maximum absolute atomic E-state index is 6.18. The third-order valence-electron chi connectivity index (χ3n) is 4.54. The van der Waals surface area contributed by atoms with Crippen molar-refractivity contribution in [3.05, 3.63) is 63.7 Å². The van der Waals surface area contributed by atoms with Crippen LogP contribution in [0.25, 0.3) is 0 Å². The summed E-state index contributed by atoms with van der Waals surface area (Å²) in [7, 11) is 2.18. The van der Waals surface area contributed by atoms with Crippen LogP contribution >= 0.6 is 11.6 Å². The van der Waals surface area contributed by atoms with Gasteiger partial charge in [0.2, 0.25) is 0 Å². The Kier molecular flexibility index (Phi) is 3.16. The fraction of sp³-hybridized carbons (Fsp3) is 0.333. The first kappa shape index (κ1) is 13.2. The fourth-order valence-corrected chi connectivity index (χ4v) is 3.77. The van der Waals surface area contributed by atoms with Gasteiger partial charge in [-0.25, -0.2) is 0 Å². The maximum atomic E-state index is 6.18. The van der Waals surface area contributed by atoms with Gasteiger partial charge in [-0.05, 0) is 35.9 Å². The van der Waals surface area contributed by atoms with Crippen molar-refractivity contribution in [1.82, 2.24) is 4.90 Å². The molecule has 0 saturated carbocycles. The number of hydrogen-bond donors (Lipinski definition) is 0. The summed E-state index contributed by atoms with van der Waals surface area (Å²) in [6.07, 6.45) is 1.04. The molecule has 0 N–H and O–H groups in total. The van der Waals surface area contributed by atoms with Crippen LogP contribution in [0, 0.1) is 0 Å². The summed E-state index contributed by atoms with van der Waals surface area (Å²) in [5.41, 5.74) is 5.40. The first-order valence-electron chi connectivity index (χ1n) is 7.44. The standard InChI is InChI=1S/C18H18ClNO/c1-20-10-16(13-3-2-4-14(19)9-13)15-6-5-12-7-8-21-18(12)17(15)11-20/h2-6,9,16H,7-8,10-11H2,1H3. The minimum Gasteiger partial charge on any atom is -0.493 e. The maximum Gasteiger partial charge on any atom is 0.127 e. The molecule has 21 heavy (non-hydrogen) atoms. The average Bonchev–Trinajstić information content (AvgIpc) is 2.95. The molecule has 0 aliphatic carbocycles. The highest BCUT2D eigenvalue weighted by Gasteiger charge is 2.29. The van der Waals surface area contributed by atoms with Gasteiger partial charge < -0.3 is 9.64 Å². The SMILES string of the molecule is CN1Cc2c(ccc3c2OCC3)C(c2cccc(Cl)c2)C1. The molecule has 2 heterocycles. The monoisotopic (exact) mass is 299 g/mol. The lowest BCUT2D eigenvalue weighted by atomic mass is 9.83. The van der Waals surface area contributed by atoms with E-state index in [0.29, 0.717) is 5.92 Å². The number of halogens is 1. The van der Waals surface area contributed by atoms with E-state index in [1.807, 2.05) is 12.1 Å². The minimum absolute atomic E-state index is 0.368. The Labute approximate surface area is 130 Å². The van der Waals surface area contributed by atoms with Crippen LogP contribution in [0.15, 0.2) is 36.4 Å². The van der Waals surface area contributed by atoms with Gasteiger partial charge in [-0.15, -0.1) is 0 Å². The highest BCUT2D eigenvalue weighted by atomic mass is 35.5. The molecule has 0 spiro atoms. The van der Waals surface area contributed by atoms with Crippen molar-refractivity contribution in [2.75, 3.05) is 20.2 Å². The Hall–Kier alpha value is -1.51. The quantitative estimate of drug-likeness (QED) is 0.793. The Morgan fingerprint density at radius 2 is 2.14 bits per heavy atom. The molecular formula is C18H18ClNO. The number of nitrogens with zero attached hydrogens (tertiary/aromatic N) is 1. The zero-order chi connectivity index (χ0) is 14.4. The first-order valence-corrected chi connectivity index (χ1v) is 7.81. The van der Waals surface area contributed by atoms with E-state index in [-0.39, 0.29) is 0 Å². The summed E-state index contributed by atoms with van der Waals surface area (Å²) < 4.78 is 5.90. The minimum atomic E-state index is 0.368. The predicted molar refractivity (Wildman–Crippen MR) is 85.3 cm³/mol. The second-order valence-electron chi connectivity index (χ2n) is 6.02. The molecule has 108 valence electrons. The molecule has 2 nitrogen and oxygen atoms in total. The topological polar surface area (TPSA) is 12.5 Å². The number of benzene rings is 2. The van der Waals surface area contributed by atoms with Crippen molar-refractivity contribution in [2.24, 2.45) is 0 Å². The van der Waals surface area contributed by atoms with Gasteiger partial charge in [0.25, 0.3) is 0 Å². The third-order valence-corrected chi connectivity index (χ3v) is 4.78. The average molecular weight is 300 g/mol. The lowest BCUT2D eigenvalue weighted by Gasteiger charge is -2.33. The van der Waals surface area contributed by atoms with E-state index in [0.717, 1.165) is 36.9 Å². The van der Waals surface area contributed by atoms with Gasteiger partial charge in [-0.2, -0.15) is 0 Å². The van der Waals surface area contributed by atoms with E-state index >= 15 is 0 Å². The fourth-order valence-electron chi connectivity index (χ4n) is 3.57. The van der Waals surface area contributed by atoms with E-state index < -0.39 is 0 Å². The largest absolute Gasteiger partial charge is 0.493 e. The van der Waals surface area contributed by atoms with Gasteiger partial charge in [0.05, 0.1) is 6.61 Å². The van der Waals surface area contributed by atoms with E-state index in [9.17, 15) is 0 Å². The molecule has 3 heteroatoms. The zero-order valence-electron chi connectivity index (χ0n) is 12.1. The van der Waals surface area contributed by atoms with E-state index in [2.05, 4.69) is 36.2 Å². The summed E-state index contributed by atoms with van der Waals surface area (Å²) in [4.78, 5) is 2.37. The Morgan fingerprint density at radius 1 is 1.24 bits per heavy atom. The summed E-state index contributed by atoms with van der Waals surface area (Å²) in [6.45, 7) is 2.80. The molecule has 2 aromatic carbocycles.